The fraction of sp³-hybridized carbons (Fsp3) is 0.476. The van der Waals surface area contributed by atoms with Gasteiger partial charge in [0, 0.05) is 31.7 Å². The Morgan fingerprint density at radius 3 is 2.48 bits per heavy atom. The quantitative estimate of drug-likeness (QED) is 0.705. The first-order valence-corrected chi connectivity index (χ1v) is 10.4. The Hall–Kier alpha value is -3.28. The molecule has 2 aliphatic heterocycles. The number of alkyl halides is 3. The van der Waals surface area contributed by atoms with E-state index in [0.29, 0.717) is 24.7 Å². The third kappa shape index (κ3) is 6.85. The van der Waals surface area contributed by atoms with Crippen molar-refractivity contribution in [1.29, 1.82) is 0 Å². The summed E-state index contributed by atoms with van der Waals surface area (Å²) in [7, 11) is 0. The number of nitrogens with zero attached hydrogens (tertiary/aromatic N) is 4. The molecule has 1 amide bonds. The Labute approximate surface area is 188 Å². The molecule has 33 heavy (non-hydrogen) atoms. The zero-order valence-corrected chi connectivity index (χ0v) is 17.7. The fourth-order valence-electron chi connectivity index (χ4n) is 3.83. The molecule has 2 N–H and O–H groups in total. The number of carbonyl (C=O) groups excluding carboxylic acids is 1. The van der Waals surface area contributed by atoms with Gasteiger partial charge >= 0.3 is 12.1 Å². The van der Waals surface area contributed by atoms with Crippen molar-refractivity contribution in [3.8, 4) is 0 Å². The monoisotopic (exact) mass is 467 g/mol. The summed E-state index contributed by atoms with van der Waals surface area (Å²) in [5, 5.41) is 10.4. The maximum absolute atomic E-state index is 12.6. The van der Waals surface area contributed by atoms with Gasteiger partial charge in [-0.1, -0.05) is 6.07 Å². The van der Waals surface area contributed by atoms with Crippen LogP contribution in [0.3, 0.4) is 0 Å². The Kier molecular flexibility index (Phi) is 7.79. The van der Waals surface area contributed by atoms with Gasteiger partial charge < -0.3 is 20.1 Å². The van der Waals surface area contributed by atoms with Gasteiger partial charge in [0.05, 0.1) is 18.2 Å². The van der Waals surface area contributed by atoms with Gasteiger partial charge in [-0.15, -0.1) is 0 Å². The van der Waals surface area contributed by atoms with Crippen molar-refractivity contribution in [2.45, 2.75) is 43.6 Å². The molecule has 0 bridgehead atoms. The second-order valence-corrected chi connectivity index (χ2v) is 7.76. The van der Waals surface area contributed by atoms with Crippen LogP contribution in [-0.4, -0.2) is 74.4 Å². The average molecular weight is 467 g/mol. The number of ether oxygens (including phenoxy) is 1. The maximum Gasteiger partial charge on any atom is 0.490 e. The van der Waals surface area contributed by atoms with Crippen LogP contribution >= 0.6 is 0 Å². The maximum atomic E-state index is 12.6. The highest BCUT2D eigenvalue weighted by atomic mass is 19.4. The minimum absolute atomic E-state index is 0.0102. The number of anilines is 1. The first kappa shape index (κ1) is 24.4. The molecule has 2 aliphatic rings. The number of carbonyl (C=O) groups is 2. The molecule has 2 aromatic heterocycles. The SMILES string of the molecule is O=C(O)C(F)(F)F.O=C(c1ccccn1)N1CC[C@]2(CCC[C@H](CNc3ncccn3)O2)C1. The summed E-state index contributed by atoms with van der Waals surface area (Å²) in [6, 6.07) is 7.22. The number of rotatable bonds is 4. The van der Waals surface area contributed by atoms with Gasteiger partial charge in [0.2, 0.25) is 5.95 Å². The molecule has 4 heterocycles. The lowest BCUT2D eigenvalue weighted by molar-refractivity contribution is -0.192. The van der Waals surface area contributed by atoms with E-state index in [4.69, 9.17) is 14.6 Å². The lowest BCUT2D eigenvalue weighted by Gasteiger charge is -2.38. The van der Waals surface area contributed by atoms with E-state index in [9.17, 15) is 18.0 Å². The van der Waals surface area contributed by atoms with Crippen LogP contribution in [0.2, 0.25) is 0 Å². The minimum Gasteiger partial charge on any atom is -0.475 e. The predicted molar refractivity (Wildman–Crippen MR) is 110 cm³/mol. The predicted octanol–water partition coefficient (Wildman–Crippen LogP) is 2.77. The summed E-state index contributed by atoms with van der Waals surface area (Å²) < 4.78 is 38.2. The van der Waals surface area contributed by atoms with Gasteiger partial charge in [-0.25, -0.2) is 14.8 Å². The Balaban J connectivity index is 0.000000383. The lowest BCUT2D eigenvalue weighted by atomic mass is 9.90. The van der Waals surface area contributed by atoms with E-state index in [-0.39, 0.29) is 17.6 Å². The largest absolute Gasteiger partial charge is 0.490 e. The molecule has 2 atom stereocenters. The number of nitrogens with one attached hydrogen (secondary N) is 1. The van der Waals surface area contributed by atoms with Crippen LogP contribution in [0.1, 0.15) is 36.2 Å². The molecule has 2 saturated heterocycles. The molecule has 0 unspecified atom stereocenters. The van der Waals surface area contributed by atoms with Gasteiger partial charge in [0.1, 0.15) is 5.69 Å². The number of carboxylic acids is 1. The molecule has 0 aromatic carbocycles. The highest BCUT2D eigenvalue weighted by Crippen LogP contribution is 2.37. The molecule has 9 nitrogen and oxygen atoms in total. The van der Waals surface area contributed by atoms with Crippen molar-refractivity contribution < 1.29 is 32.6 Å². The molecule has 0 radical (unpaired) electrons. The molecule has 2 fully saturated rings. The standard InChI is InChI=1S/C19H23N5O2.C2HF3O2/c25-17(16-6-1-2-9-20-16)24-12-8-19(14-24)7-3-5-15(26-19)13-23-18-21-10-4-11-22-18;3-2(4,5)1(6)7/h1-2,4,6,9-11,15H,3,5,7-8,12-14H2,(H,21,22,23);(H,6,7)/t15-,19-;/m1./s1. The van der Waals surface area contributed by atoms with Gasteiger partial charge in [-0.05, 0) is 43.9 Å². The highest BCUT2D eigenvalue weighted by molar-refractivity contribution is 5.92. The van der Waals surface area contributed by atoms with Gasteiger partial charge in [-0.3, -0.25) is 9.78 Å². The van der Waals surface area contributed by atoms with E-state index in [1.807, 2.05) is 17.0 Å². The fourth-order valence-corrected chi connectivity index (χ4v) is 3.83. The molecule has 0 aliphatic carbocycles. The minimum atomic E-state index is -5.08. The van der Waals surface area contributed by atoms with Crippen molar-refractivity contribution in [1.82, 2.24) is 19.9 Å². The summed E-state index contributed by atoms with van der Waals surface area (Å²) >= 11 is 0. The first-order valence-electron chi connectivity index (χ1n) is 10.4. The second-order valence-electron chi connectivity index (χ2n) is 7.76. The van der Waals surface area contributed by atoms with E-state index in [1.54, 1.807) is 30.7 Å². The number of carboxylic acid groups (broad SMARTS) is 1. The molecule has 178 valence electrons. The normalized spacial score (nSPS) is 22.4. The van der Waals surface area contributed by atoms with Crippen LogP contribution in [0.25, 0.3) is 0 Å². The van der Waals surface area contributed by atoms with Crippen LogP contribution < -0.4 is 5.32 Å². The number of halogens is 3. The van der Waals surface area contributed by atoms with E-state index < -0.39 is 12.1 Å². The summed E-state index contributed by atoms with van der Waals surface area (Å²) in [5.74, 6) is -2.15. The molecule has 0 saturated carbocycles. The van der Waals surface area contributed by atoms with E-state index >= 15 is 0 Å². The number of hydrogen-bond acceptors (Lipinski definition) is 7. The summed E-state index contributed by atoms with van der Waals surface area (Å²) in [4.78, 5) is 36.0. The summed E-state index contributed by atoms with van der Waals surface area (Å²) in [5.41, 5.74) is 0.270. The third-order valence-electron chi connectivity index (χ3n) is 5.36. The molecule has 2 aromatic rings. The van der Waals surface area contributed by atoms with Crippen LogP contribution in [0.4, 0.5) is 19.1 Å². The van der Waals surface area contributed by atoms with Gasteiger partial charge in [0.15, 0.2) is 0 Å². The van der Waals surface area contributed by atoms with Gasteiger partial charge in [-0.2, -0.15) is 13.2 Å². The van der Waals surface area contributed by atoms with Crippen LogP contribution in [0.15, 0.2) is 42.9 Å². The van der Waals surface area contributed by atoms with Crippen molar-refractivity contribution in [2.24, 2.45) is 0 Å². The van der Waals surface area contributed by atoms with Crippen LogP contribution in [0.5, 0.6) is 0 Å². The molecule has 12 heteroatoms. The van der Waals surface area contributed by atoms with Gasteiger partial charge in [0.25, 0.3) is 5.91 Å². The zero-order valence-electron chi connectivity index (χ0n) is 17.7. The topological polar surface area (TPSA) is 118 Å². The van der Waals surface area contributed by atoms with Crippen LogP contribution in [0, 0.1) is 0 Å². The average Bonchev–Trinajstić information content (AvgIpc) is 3.21. The zero-order chi connectivity index (χ0) is 23.9. The smallest absolute Gasteiger partial charge is 0.475 e. The number of pyridine rings is 1. The Morgan fingerprint density at radius 2 is 1.85 bits per heavy atom. The number of aromatic nitrogens is 3. The first-order chi connectivity index (χ1) is 15.7. The lowest BCUT2D eigenvalue weighted by Crippen LogP contribution is -2.45. The molecule has 4 rings (SSSR count). The number of hydrogen-bond donors (Lipinski definition) is 2. The van der Waals surface area contributed by atoms with E-state index in [1.165, 1.54) is 0 Å². The van der Waals surface area contributed by atoms with E-state index in [0.717, 1.165) is 32.2 Å². The second kappa shape index (κ2) is 10.6. The van der Waals surface area contributed by atoms with Crippen molar-refractivity contribution in [3.05, 3.63) is 48.5 Å². The molecular weight excluding hydrogens is 443 g/mol. The Morgan fingerprint density at radius 1 is 1.15 bits per heavy atom. The highest BCUT2D eigenvalue weighted by Gasteiger charge is 2.44. The number of aliphatic carboxylic acids is 1. The van der Waals surface area contributed by atoms with Crippen LogP contribution in [-0.2, 0) is 9.53 Å². The number of likely N-dealkylation sites (tertiary alicyclic amines) is 1. The van der Waals surface area contributed by atoms with E-state index in [2.05, 4.69) is 20.3 Å². The third-order valence-corrected chi connectivity index (χ3v) is 5.36. The summed E-state index contributed by atoms with van der Waals surface area (Å²) in [6.45, 7) is 2.04. The molecular formula is C21H24F3N5O4. The molecule has 1 spiro atoms. The summed E-state index contributed by atoms with van der Waals surface area (Å²) in [6.07, 6.45) is 4.11. The van der Waals surface area contributed by atoms with Crippen molar-refractivity contribution >= 4 is 17.8 Å². The van der Waals surface area contributed by atoms with Crippen molar-refractivity contribution in [3.63, 3.8) is 0 Å². The van der Waals surface area contributed by atoms with Crippen molar-refractivity contribution in [2.75, 3.05) is 25.0 Å². The number of amides is 1. The Bertz CT molecular complexity index is 933.